The van der Waals surface area contributed by atoms with Crippen molar-refractivity contribution in [1.29, 1.82) is 0 Å². The molecule has 0 aromatic heterocycles. The molecule has 1 N–H and O–H groups in total. The fraction of sp³-hybridized carbons (Fsp3) is 1.00. The zero-order valence-electron chi connectivity index (χ0n) is 19.4. The molecule has 6 nitrogen and oxygen atoms in total. The van der Waals surface area contributed by atoms with Gasteiger partial charge in [0.25, 0.3) is 0 Å². The van der Waals surface area contributed by atoms with Crippen molar-refractivity contribution in [2.24, 2.45) is 0 Å². The third-order valence-corrected chi connectivity index (χ3v) is 5.26. The number of ether oxygens (including phenoxy) is 5. The minimum absolute atomic E-state index is 0.0514. The first-order chi connectivity index (χ1) is 14.1. The summed E-state index contributed by atoms with van der Waals surface area (Å²) in [5.41, 5.74) is 0. The minimum Gasteiger partial charge on any atom is -0.394 e. The summed E-state index contributed by atoms with van der Waals surface area (Å²) >= 11 is 0. The van der Waals surface area contributed by atoms with Crippen LogP contribution in [-0.2, 0) is 23.7 Å². The van der Waals surface area contributed by atoms with Crippen molar-refractivity contribution in [2.75, 3.05) is 26.4 Å². The second kappa shape index (κ2) is 16.5. The smallest absolute Gasteiger partial charge is 0.187 e. The Labute approximate surface area is 178 Å². The van der Waals surface area contributed by atoms with Gasteiger partial charge >= 0.3 is 0 Å². The second-order valence-electron chi connectivity index (χ2n) is 8.03. The van der Waals surface area contributed by atoms with Crippen LogP contribution in [-0.4, -0.2) is 68.3 Å². The Morgan fingerprint density at radius 1 is 0.759 bits per heavy atom. The number of unbranched alkanes of at least 4 members (excludes halogenated alkanes) is 3. The molecule has 1 fully saturated rings. The maximum Gasteiger partial charge on any atom is 0.187 e. The molecule has 174 valence electrons. The minimum atomic E-state index is -0.566. The van der Waals surface area contributed by atoms with E-state index >= 15 is 0 Å². The number of hydrogen-bond donors (Lipinski definition) is 1. The average molecular weight is 419 g/mol. The Bertz CT molecular complexity index is 380. The third kappa shape index (κ3) is 9.62. The molecule has 0 saturated carbocycles. The van der Waals surface area contributed by atoms with Crippen LogP contribution in [0.2, 0.25) is 0 Å². The molecule has 1 rings (SSSR count). The van der Waals surface area contributed by atoms with Gasteiger partial charge in [-0.1, -0.05) is 53.4 Å². The number of aliphatic hydroxyl groups is 1. The van der Waals surface area contributed by atoms with Crippen molar-refractivity contribution in [3.05, 3.63) is 0 Å². The largest absolute Gasteiger partial charge is 0.394 e. The number of aliphatic hydroxyl groups excluding tert-OH is 1. The third-order valence-electron chi connectivity index (χ3n) is 5.26. The fourth-order valence-corrected chi connectivity index (χ4v) is 3.50. The Morgan fingerprint density at radius 2 is 1.28 bits per heavy atom. The molecule has 0 amide bonds. The van der Waals surface area contributed by atoms with E-state index in [4.69, 9.17) is 23.7 Å². The van der Waals surface area contributed by atoms with Gasteiger partial charge in [0.05, 0.1) is 12.7 Å². The Morgan fingerprint density at radius 3 is 1.76 bits per heavy atom. The van der Waals surface area contributed by atoms with E-state index in [1.165, 1.54) is 0 Å². The first kappa shape index (κ1) is 26.8. The van der Waals surface area contributed by atoms with Crippen LogP contribution in [0.3, 0.4) is 0 Å². The Hall–Kier alpha value is -0.240. The van der Waals surface area contributed by atoms with Crippen LogP contribution in [0.1, 0.15) is 86.0 Å². The van der Waals surface area contributed by atoms with E-state index < -0.39 is 12.4 Å². The van der Waals surface area contributed by atoms with Gasteiger partial charge in [-0.3, -0.25) is 0 Å². The lowest BCUT2D eigenvalue weighted by atomic mass is 9.98. The SMILES string of the molecule is CCCCO[C@@H]1[C@@H](OCCCC)[C@H](O[C@@H](C)CCC)O[C@H](CO)[C@H]1OCCCC. The van der Waals surface area contributed by atoms with Crippen molar-refractivity contribution in [3.8, 4) is 0 Å². The van der Waals surface area contributed by atoms with Crippen LogP contribution in [0.4, 0.5) is 0 Å². The van der Waals surface area contributed by atoms with E-state index in [1.54, 1.807) is 0 Å². The molecule has 6 heteroatoms. The molecule has 0 unspecified atom stereocenters. The molecule has 1 aliphatic heterocycles. The molecular formula is C23H46O6. The monoisotopic (exact) mass is 418 g/mol. The summed E-state index contributed by atoms with van der Waals surface area (Å²) in [5.74, 6) is 0. The van der Waals surface area contributed by atoms with Gasteiger partial charge in [-0.05, 0) is 32.6 Å². The zero-order chi connectivity index (χ0) is 21.5. The van der Waals surface area contributed by atoms with E-state index in [-0.39, 0.29) is 31.0 Å². The Kier molecular flexibility index (Phi) is 15.2. The highest BCUT2D eigenvalue weighted by atomic mass is 16.7. The average Bonchev–Trinajstić information content (AvgIpc) is 2.71. The van der Waals surface area contributed by atoms with Crippen LogP contribution in [0, 0.1) is 0 Å². The van der Waals surface area contributed by atoms with Crippen molar-refractivity contribution in [2.45, 2.75) is 123 Å². The predicted molar refractivity (Wildman–Crippen MR) is 115 cm³/mol. The first-order valence-corrected chi connectivity index (χ1v) is 11.9. The molecule has 1 aliphatic rings. The highest BCUT2D eigenvalue weighted by Gasteiger charge is 2.48. The standard InChI is InChI=1S/C23H46O6/c1-6-10-14-25-20-19(17-24)29-23(28-18(5)13-9-4)22(27-16-12-8-3)21(20)26-15-11-7-2/h18-24H,6-17H2,1-5H3/t18-,19+,20+,21-,22+,23+/m0/s1. The van der Waals surface area contributed by atoms with E-state index in [0.717, 1.165) is 51.4 Å². The summed E-state index contributed by atoms with van der Waals surface area (Å²) < 4.78 is 31.1. The van der Waals surface area contributed by atoms with Crippen molar-refractivity contribution in [3.63, 3.8) is 0 Å². The summed E-state index contributed by atoms with van der Waals surface area (Å²) in [4.78, 5) is 0. The summed E-state index contributed by atoms with van der Waals surface area (Å²) in [6.45, 7) is 12.4. The van der Waals surface area contributed by atoms with Gasteiger partial charge in [0.1, 0.15) is 24.4 Å². The van der Waals surface area contributed by atoms with Crippen LogP contribution >= 0.6 is 0 Å². The summed E-state index contributed by atoms with van der Waals surface area (Å²) in [6.07, 6.45) is 6.01. The van der Waals surface area contributed by atoms with Crippen LogP contribution in [0.15, 0.2) is 0 Å². The fourth-order valence-electron chi connectivity index (χ4n) is 3.50. The van der Waals surface area contributed by atoms with Crippen LogP contribution in [0.25, 0.3) is 0 Å². The van der Waals surface area contributed by atoms with E-state index in [1.807, 2.05) is 0 Å². The van der Waals surface area contributed by atoms with Crippen LogP contribution < -0.4 is 0 Å². The predicted octanol–water partition coefficient (Wildman–Crippen LogP) is 4.46. The lowest BCUT2D eigenvalue weighted by Gasteiger charge is -2.46. The summed E-state index contributed by atoms with van der Waals surface area (Å²) in [7, 11) is 0. The van der Waals surface area contributed by atoms with E-state index in [2.05, 4.69) is 34.6 Å². The summed E-state index contributed by atoms with van der Waals surface area (Å²) in [6, 6.07) is 0. The van der Waals surface area contributed by atoms with E-state index in [0.29, 0.717) is 19.8 Å². The molecule has 0 aromatic rings. The maximum absolute atomic E-state index is 10.0. The number of hydrogen-bond acceptors (Lipinski definition) is 6. The molecule has 1 heterocycles. The quantitative estimate of drug-likeness (QED) is 0.352. The first-order valence-electron chi connectivity index (χ1n) is 11.9. The molecule has 0 aromatic carbocycles. The van der Waals surface area contributed by atoms with Gasteiger partial charge in [0.15, 0.2) is 6.29 Å². The van der Waals surface area contributed by atoms with Gasteiger partial charge in [0.2, 0.25) is 0 Å². The normalized spacial score (nSPS) is 28.6. The highest BCUT2D eigenvalue weighted by Crippen LogP contribution is 2.30. The highest BCUT2D eigenvalue weighted by molar-refractivity contribution is 4.93. The van der Waals surface area contributed by atoms with Gasteiger partial charge in [0, 0.05) is 19.8 Å². The van der Waals surface area contributed by atoms with Crippen molar-refractivity contribution < 1.29 is 28.8 Å². The number of rotatable bonds is 17. The van der Waals surface area contributed by atoms with E-state index in [9.17, 15) is 5.11 Å². The maximum atomic E-state index is 10.0. The van der Waals surface area contributed by atoms with Gasteiger partial charge in [-0.25, -0.2) is 0 Å². The van der Waals surface area contributed by atoms with Gasteiger partial charge in [-0.2, -0.15) is 0 Å². The van der Waals surface area contributed by atoms with Gasteiger partial charge < -0.3 is 28.8 Å². The molecule has 6 atom stereocenters. The van der Waals surface area contributed by atoms with Crippen LogP contribution in [0.5, 0.6) is 0 Å². The topological polar surface area (TPSA) is 66.4 Å². The Balaban J connectivity index is 3.01. The van der Waals surface area contributed by atoms with Crippen molar-refractivity contribution in [1.82, 2.24) is 0 Å². The molecule has 1 saturated heterocycles. The molecular weight excluding hydrogens is 372 g/mol. The lowest BCUT2D eigenvalue weighted by molar-refractivity contribution is -0.329. The van der Waals surface area contributed by atoms with Gasteiger partial charge in [-0.15, -0.1) is 0 Å². The molecule has 0 radical (unpaired) electrons. The molecule has 29 heavy (non-hydrogen) atoms. The second-order valence-corrected chi connectivity index (χ2v) is 8.03. The molecule has 0 spiro atoms. The van der Waals surface area contributed by atoms with Crippen molar-refractivity contribution >= 4 is 0 Å². The molecule has 0 bridgehead atoms. The molecule has 0 aliphatic carbocycles. The lowest BCUT2D eigenvalue weighted by Crippen LogP contribution is -2.62. The zero-order valence-corrected chi connectivity index (χ0v) is 19.4. The summed E-state index contributed by atoms with van der Waals surface area (Å²) in [5, 5.41) is 10.0.